The number of carbonyl (C=O) groups is 1. The van der Waals surface area contributed by atoms with Gasteiger partial charge in [-0.2, -0.15) is 5.26 Å². The summed E-state index contributed by atoms with van der Waals surface area (Å²) in [6.45, 7) is 2.09. The Morgan fingerprint density at radius 2 is 1.91 bits per heavy atom. The Morgan fingerprint density at radius 3 is 2.69 bits per heavy atom. The molecule has 1 saturated heterocycles. The number of benzene rings is 2. The van der Waals surface area contributed by atoms with Crippen molar-refractivity contribution in [1.29, 1.82) is 5.26 Å². The first kappa shape index (κ1) is 22.0. The number of aromatic hydroxyl groups is 1. The predicted octanol–water partition coefficient (Wildman–Crippen LogP) is 5.25. The number of amides is 2. The van der Waals surface area contributed by atoms with E-state index in [1.54, 1.807) is 24.3 Å². The summed E-state index contributed by atoms with van der Waals surface area (Å²) in [5.74, 6) is 1.24. The van der Waals surface area contributed by atoms with Gasteiger partial charge in [-0.1, -0.05) is 18.9 Å². The SMILES string of the molecule is N#Cc1ccc(N2CCC[C@H](C[C@@H]3CCCC[C@H]3NC(=O)Nc3cccc(O)c3)C2)cc1. The van der Waals surface area contributed by atoms with Crippen molar-refractivity contribution in [2.45, 2.75) is 51.0 Å². The summed E-state index contributed by atoms with van der Waals surface area (Å²) in [4.78, 5) is 15.0. The maximum atomic E-state index is 12.6. The Kier molecular flexibility index (Phi) is 7.16. The van der Waals surface area contributed by atoms with Crippen LogP contribution in [-0.2, 0) is 0 Å². The van der Waals surface area contributed by atoms with E-state index in [1.807, 2.05) is 12.1 Å². The summed E-state index contributed by atoms with van der Waals surface area (Å²) in [7, 11) is 0. The molecule has 3 N–H and O–H groups in total. The number of rotatable bonds is 5. The third kappa shape index (κ3) is 5.73. The number of piperidine rings is 1. The molecule has 0 aromatic heterocycles. The minimum atomic E-state index is -0.199. The summed E-state index contributed by atoms with van der Waals surface area (Å²) in [5.41, 5.74) is 2.49. The topological polar surface area (TPSA) is 88.4 Å². The van der Waals surface area contributed by atoms with E-state index in [4.69, 9.17) is 5.26 Å². The van der Waals surface area contributed by atoms with Gasteiger partial charge in [-0.05, 0) is 80.3 Å². The molecule has 2 amide bonds. The van der Waals surface area contributed by atoms with Crippen LogP contribution in [0.25, 0.3) is 0 Å². The lowest BCUT2D eigenvalue weighted by Crippen LogP contribution is -2.45. The Hall–Kier alpha value is -3.20. The van der Waals surface area contributed by atoms with Crippen LogP contribution in [0.15, 0.2) is 48.5 Å². The molecule has 6 heteroatoms. The third-order valence-corrected chi connectivity index (χ3v) is 6.85. The van der Waals surface area contributed by atoms with Crippen molar-refractivity contribution >= 4 is 17.4 Å². The fraction of sp³-hybridized carbons (Fsp3) is 0.462. The molecular formula is C26H32N4O2. The molecule has 1 heterocycles. The molecule has 0 radical (unpaired) electrons. The number of phenols is 1. The Bertz CT molecular complexity index is 953. The summed E-state index contributed by atoms with van der Waals surface area (Å²) in [6.07, 6.45) is 8.08. The van der Waals surface area contributed by atoms with Crippen molar-refractivity contribution in [3.63, 3.8) is 0 Å². The molecule has 1 aliphatic carbocycles. The van der Waals surface area contributed by atoms with Crippen molar-refractivity contribution in [3.05, 3.63) is 54.1 Å². The molecule has 2 fully saturated rings. The molecule has 0 unspecified atom stereocenters. The second kappa shape index (κ2) is 10.4. The zero-order valence-electron chi connectivity index (χ0n) is 18.5. The highest BCUT2D eigenvalue weighted by atomic mass is 16.3. The molecule has 2 aromatic rings. The van der Waals surface area contributed by atoms with Crippen molar-refractivity contribution in [2.24, 2.45) is 11.8 Å². The molecule has 32 heavy (non-hydrogen) atoms. The van der Waals surface area contributed by atoms with Crippen LogP contribution in [-0.4, -0.2) is 30.3 Å². The Labute approximate surface area is 190 Å². The maximum absolute atomic E-state index is 12.6. The number of nitriles is 1. The molecule has 2 aliphatic rings. The number of phenolic OH excluding ortho intramolecular Hbond substituents is 1. The van der Waals surface area contributed by atoms with E-state index < -0.39 is 0 Å². The lowest BCUT2D eigenvalue weighted by molar-refractivity contribution is 0.203. The first-order chi connectivity index (χ1) is 15.6. The number of anilines is 2. The summed E-state index contributed by atoms with van der Waals surface area (Å²) in [5, 5.41) is 24.7. The van der Waals surface area contributed by atoms with Gasteiger partial charge >= 0.3 is 6.03 Å². The van der Waals surface area contributed by atoms with Crippen LogP contribution in [0.1, 0.15) is 50.5 Å². The number of carbonyl (C=O) groups excluding carboxylic acids is 1. The van der Waals surface area contributed by atoms with Crippen LogP contribution in [0.2, 0.25) is 0 Å². The quantitative estimate of drug-likeness (QED) is 0.602. The van der Waals surface area contributed by atoms with Gasteiger partial charge in [0, 0.05) is 36.6 Å². The van der Waals surface area contributed by atoms with Crippen LogP contribution >= 0.6 is 0 Å². The van der Waals surface area contributed by atoms with E-state index in [0.717, 1.165) is 38.8 Å². The van der Waals surface area contributed by atoms with Crippen LogP contribution in [0, 0.1) is 23.2 Å². The number of nitrogens with one attached hydrogen (secondary N) is 2. The zero-order valence-corrected chi connectivity index (χ0v) is 18.5. The van der Waals surface area contributed by atoms with E-state index in [-0.39, 0.29) is 17.8 Å². The van der Waals surface area contributed by atoms with Gasteiger partial charge in [-0.25, -0.2) is 4.79 Å². The van der Waals surface area contributed by atoms with Gasteiger partial charge in [0.15, 0.2) is 0 Å². The number of urea groups is 1. The molecular weight excluding hydrogens is 400 g/mol. The smallest absolute Gasteiger partial charge is 0.319 e. The lowest BCUT2D eigenvalue weighted by atomic mass is 9.77. The van der Waals surface area contributed by atoms with E-state index in [0.29, 0.717) is 23.1 Å². The van der Waals surface area contributed by atoms with Gasteiger partial charge in [0.05, 0.1) is 11.6 Å². The Morgan fingerprint density at radius 1 is 1.09 bits per heavy atom. The van der Waals surface area contributed by atoms with Gasteiger partial charge in [0.2, 0.25) is 0 Å². The van der Waals surface area contributed by atoms with Crippen molar-refractivity contribution in [3.8, 4) is 11.8 Å². The van der Waals surface area contributed by atoms with Gasteiger partial charge < -0.3 is 20.6 Å². The standard InChI is InChI=1S/C26H32N4O2/c27-17-19-10-12-23(13-11-19)30-14-4-5-20(18-30)15-21-6-1-2-9-25(21)29-26(32)28-22-7-3-8-24(31)16-22/h3,7-8,10-13,16,20-21,25,31H,1-2,4-6,9,14-15,18H2,(H2,28,29,32)/t20-,21+,25-/m1/s1. The molecule has 2 aromatic carbocycles. The fourth-order valence-electron chi connectivity index (χ4n) is 5.27. The third-order valence-electron chi connectivity index (χ3n) is 6.85. The molecule has 1 saturated carbocycles. The van der Waals surface area contributed by atoms with Crippen LogP contribution in [0.5, 0.6) is 5.75 Å². The average molecular weight is 433 g/mol. The highest BCUT2D eigenvalue weighted by molar-refractivity contribution is 5.89. The molecule has 4 rings (SSSR count). The van der Waals surface area contributed by atoms with Crippen molar-refractivity contribution in [1.82, 2.24) is 5.32 Å². The molecule has 6 nitrogen and oxygen atoms in total. The molecule has 1 aliphatic heterocycles. The van der Waals surface area contributed by atoms with E-state index in [2.05, 4.69) is 33.7 Å². The normalized spacial score (nSPS) is 23.2. The first-order valence-corrected chi connectivity index (χ1v) is 11.7. The zero-order chi connectivity index (χ0) is 22.3. The van der Waals surface area contributed by atoms with Crippen LogP contribution < -0.4 is 15.5 Å². The Balaban J connectivity index is 1.34. The van der Waals surface area contributed by atoms with Crippen LogP contribution in [0.4, 0.5) is 16.2 Å². The maximum Gasteiger partial charge on any atom is 0.319 e. The highest BCUT2D eigenvalue weighted by Gasteiger charge is 2.30. The fourth-order valence-corrected chi connectivity index (χ4v) is 5.27. The van der Waals surface area contributed by atoms with Gasteiger partial charge in [-0.3, -0.25) is 0 Å². The molecule has 3 atom stereocenters. The summed E-state index contributed by atoms with van der Waals surface area (Å²) < 4.78 is 0. The lowest BCUT2D eigenvalue weighted by Gasteiger charge is -2.39. The minimum absolute atomic E-state index is 0.141. The molecule has 0 bridgehead atoms. The van der Waals surface area contributed by atoms with Gasteiger partial charge in [0.25, 0.3) is 0 Å². The molecule has 0 spiro atoms. The van der Waals surface area contributed by atoms with E-state index in [9.17, 15) is 9.90 Å². The summed E-state index contributed by atoms with van der Waals surface area (Å²) >= 11 is 0. The van der Waals surface area contributed by atoms with Crippen LogP contribution in [0.3, 0.4) is 0 Å². The van der Waals surface area contributed by atoms with Gasteiger partial charge in [0.1, 0.15) is 5.75 Å². The number of nitrogens with zero attached hydrogens (tertiary/aromatic N) is 2. The van der Waals surface area contributed by atoms with E-state index in [1.165, 1.54) is 24.9 Å². The number of hydrogen-bond acceptors (Lipinski definition) is 4. The average Bonchev–Trinajstić information content (AvgIpc) is 2.80. The highest BCUT2D eigenvalue weighted by Crippen LogP contribution is 2.34. The first-order valence-electron chi connectivity index (χ1n) is 11.7. The van der Waals surface area contributed by atoms with Crippen molar-refractivity contribution in [2.75, 3.05) is 23.3 Å². The monoisotopic (exact) mass is 432 g/mol. The second-order valence-corrected chi connectivity index (χ2v) is 9.15. The summed E-state index contributed by atoms with van der Waals surface area (Å²) in [6, 6.07) is 16.7. The molecule has 168 valence electrons. The van der Waals surface area contributed by atoms with Crippen molar-refractivity contribution < 1.29 is 9.90 Å². The largest absolute Gasteiger partial charge is 0.508 e. The second-order valence-electron chi connectivity index (χ2n) is 9.15. The number of hydrogen-bond donors (Lipinski definition) is 3. The minimum Gasteiger partial charge on any atom is -0.508 e. The predicted molar refractivity (Wildman–Crippen MR) is 127 cm³/mol. The van der Waals surface area contributed by atoms with E-state index >= 15 is 0 Å². The van der Waals surface area contributed by atoms with Gasteiger partial charge in [-0.15, -0.1) is 0 Å².